The molecule has 9 heteroatoms. The summed E-state index contributed by atoms with van der Waals surface area (Å²) in [6, 6.07) is 1.94. The lowest BCUT2D eigenvalue weighted by Crippen LogP contribution is -2.60. The highest BCUT2D eigenvalue weighted by Crippen LogP contribution is 2.25. The maximum Gasteiger partial charge on any atom is 0.426 e. The first-order chi connectivity index (χ1) is 14.0. The van der Waals surface area contributed by atoms with Crippen molar-refractivity contribution in [3.05, 3.63) is 0 Å². The number of morpholine rings is 1. The van der Waals surface area contributed by atoms with E-state index in [9.17, 15) is 14.9 Å². The molecule has 30 heavy (non-hydrogen) atoms. The van der Waals surface area contributed by atoms with Crippen LogP contribution in [0.25, 0.3) is 0 Å². The number of carbonyl (C=O) groups is 2. The highest BCUT2D eigenvalue weighted by molar-refractivity contribution is 5.86. The number of piperidine rings is 1. The summed E-state index contributed by atoms with van der Waals surface area (Å²) < 4.78 is 5.25. The molecule has 2 aliphatic rings. The van der Waals surface area contributed by atoms with Gasteiger partial charge in [-0.2, -0.15) is 5.26 Å². The summed E-state index contributed by atoms with van der Waals surface area (Å²) in [4.78, 5) is 33.1. The lowest BCUT2D eigenvalue weighted by Gasteiger charge is -2.40. The molecular weight excluding hydrogens is 386 g/mol. The summed E-state index contributed by atoms with van der Waals surface area (Å²) in [5.74, 6) is -0.344. The molecule has 0 aromatic heterocycles. The van der Waals surface area contributed by atoms with Gasteiger partial charge in [0, 0.05) is 19.1 Å². The van der Waals surface area contributed by atoms with Crippen molar-refractivity contribution in [3.63, 3.8) is 0 Å². The van der Waals surface area contributed by atoms with Gasteiger partial charge in [0.25, 0.3) is 0 Å². The largest absolute Gasteiger partial charge is 0.426 e. The molecular formula is C21H37N5O4. The number of hydrogen-bond acceptors (Lipinski definition) is 7. The van der Waals surface area contributed by atoms with Crippen LogP contribution in [0.5, 0.6) is 0 Å². The van der Waals surface area contributed by atoms with Gasteiger partial charge in [-0.1, -0.05) is 20.8 Å². The molecule has 9 nitrogen and oxygen atoms in total. The Labute approximate surface area is 180 Å². The summed E-state index contributed by atoms with van der Waals surface area (Å²) in [5.41, 5.74) is -1.11. The number of hydroxylamine groups is 2. The van der Waals surface area contributed by atoms with Crippen LogP contribution < -0.4 is 10.6 Å². The van der Waals surface area contributed by atoms with Crippen molar-refractivity contribution < 1.29 is 19.2 Å². The molecule has 0 aromatic carbocycles. The fourth-order valence-corrected chi connectivity index (χ4v) is 3.76. The molecule has 2 N–H and O–H groups in total. The number of rotatable bonds is 6. The van der Waals surface area contributed by atoms with E-state index in [1.165, 1.54) is 5.06 Å². The molecule has 2 heterocycles. The first-order valence-corrected chi connectivity index (χ1v) is 10.8. The molecule has 2 aliphatic heterocycles. The minimum atomic E-state index is -0.908. The Hall–Kier alpha value is -1.89. The Morgan fingerprint density at radius 2 is 1.77 bits per heavy atom. The zero-order valence-electron chi connectivity index (χ0n) is 19.0. The molecule has 0 radical (unpaired) electrons. The van der Waals surface area contributed by atoms with Crippen LogP contribution in [-0.2, 0) is 14.4 Å². The number of hydrogen-bond donors (Lipinski definition) is 2. The average Bonchev–Trinajstić information content (AvgIpc) is 2.67. The third kappa shape index (κ3) is 7.42. The molecule has 2 amide bonds. The Bertz CT molecular complexity index is 626. The van der Waals surface area contributed by atoms with Gasteiger partial charge in [-0.25, -0.2) is 4.79 Å². The Morgan fingerprint density at radius 1 is 1.17 bits per heavy atom. The minimum Gasteiger partial charge on any atom is -0.379 e. The van der Waals surface area contributed by atoms with Crippen LogP contribution >= 0.6 is 0 Å². The van der Waals surface area contributed by atoms with Crippen molar-refractivity contribution in [1.82, 2.24) is 20.6 Å². The van der Waals surface area contributed by atoms with Crippen LogP contribution in [0.4, 0.5) is 4.79 Å². The van der Waals surface area contributed by atoms with E-state index in [1.54, 1.807) is 0 Å². The maximum atomic E-state index is 13.1. The molecule has 2 rings (SSSR count). The fourth-order valence-electron chi connectivity index (χ4n) is 3.76. The number of nitrogens with one attached hydrogen (secondary N) is 2. The number of nitrogens with zero attached hydrogens (tertiary/aromatic N) is 3. The second-order valence-electron chi connectivity index (χ2n) is 9.69. The van der Waals surface area contributed by atoms with Crippen molar-refractivity contribution in [2.45, 2.75) is 71.5 Å². The minimum absolute atomic E-state index is 0.199. The number of nitriles is 1. The average molecular weight is 424 g/mol. The third-order valence-corrected chi connectivity index (χ3v) is 5.57. The smallest absolute Gasteiger partial charge is 0.379 e. The molecule has 1 atom stereocenters. The van der Waals surface area contributed by atoms with Crippen molar-refractivity contribution in [1.29, 1.82) is 5.26 Å². The number of amides is 2. The molecule has 0 aliphatic carbocycles. The zero-order valence-corrected chi connectivity index (χ0v) is 19.0. The normalized spacial score (nSPS) is 21.5. The van der Waals surface area contributed by atoms with E-state index in [0.717, 1.165) is 13.1 Å². The van der Waals surface area contributed by atoms with E-state index in [2.05, 4.69) is 35.5 Å². The number of likely N-dealkylation sites (tertiary alicyclic amines) is 1. The topological polar surface area (TPSA) is 107 Å². The lowest BCUT2D eigenvalue weighted by atomic mass is 9.85. The van der Waals surface area contributed by atoms with Crippen LogP contribution in [0.15, 0.2) is 0 Å². The van der Waals surface area contributed by atoms with Gasteiger partial charge in [0.2, 0.25) is 5.91 Å². The van der Waals surface area contributed by atoms with Gasteiger partial charge in [0.1, 0.15) is 11.6 Å². The van der Waals surface area contributed by atoms with E-state index >= 15 is 0 Å². The summed E-state index contributed by atoms with van der Waals surface area (Å²) in [6.45, 7) is 13.7. The molecule has 2 saturated heterocycles. The summed E-state index contributed by atoms with van der Waals surface area (Å²) in [5, 5.41) is 17.0. The van der Waals surface area contributed by atoms with Crippen molar-refractivity contribution in [3.8, 4) is 6.07 Å². The van der Waals surface area contributed by atoms with Crippen molar-refractivity contribution >= 4 is 12.0 Å². The first kappa shape index (κ1) is 24.4. The first-order valence-electron chi connectivity index (χ1n) is 10.8. The predicted octanol–water partition coefficient (Wildman–Crippen LogP) is 1.65. The van der Waals surface area contributed by atoms with E-state index in [0.29, 0.717) is 51.6 Å². The van der Waals surface area contributed by atoms with Crippen LogP contribution in [0.3, 0.4) is 0 Å². The van der Waals surface area contributed by atoms with Gasteiger partial charge in [-0.15, -0.1) is 5.06 Å². The Kier molecular flexibility index (Phi) is 8.47. The van der Waals surface area contributed by atoms with Gasteiger partial charge in [0.05, 0.1) is 32.4 Å². The molecule has 0 saturated carbocycles. The van der Waals surface area contributed by atoms with Crippen LogP contribution in [0.1, 0.15) is 53.9 Å². The van der Waals surface area contributed by atoms with E-state index in [-0.39, 0.29) is 11.3 Å². The third-order valence-electron chi connectivity index (χ3n) is 5.57. The molecule has 170 valence electrons. The summed E-state index contributed by atoms with van der Waals surface area (Å²) in [6.07, 6.45) is 0.889. The van der Waals surface area contributed by atoms with Gasteiger partial charge >= 0.3 is 6.09 Å². The number of carbonyl (C=O) groups excluding carboxylic acids is 2. The summed E-state index contributed by atoms with van der Waals surface area (Å²) in [7, 11) is 0. The van der Waals surface area contributed by atoms with E-state index in [1.807, 2.05) is 20.8 Å². The van der Waals surface area contributed by atoms with Crippen LogP contribution in [0, 0.1) is 16.7 Å². The quantitative estimate of drug-likeness (QED) is 0.669. The molecule has 2 fully saturated rings. The fraction of sp³-hybridized carbons (Fsp3) is 0.857. The van der Waals surface area contributed by atoms with Crippen LogP contribution in [0.2, 0.25) is 0 Å². The number of ether oxygens (including phenoxy) is 1. The van der Waals surface area contributed by atoms with Gasteiger partial charge in [-0.3, -0.25) is 4.79 Å². The van der Waals surface area contributed by atoms with Crippen molar-refractivity contribution in [2.24, 2.45) is 5.41 Å². The standard InChI is InChI=1S/C21H37N5O4/c1-16(2)25-8-6-21(15-22,7-9-25)24-18(27)17(14-20(3,4)5)23-19(28)30-26-10-12-29-13-11-26/h16-17H,6-14H2,1-5H3,(H,23,28)(H,24,27). The SMILES string of the molecule is CC(C)N1CCC(C#N)(NC(=O)C(CC(C)(C)C)NC(=O)ON2CCOCC2)CC1. The lowest BCUT2D eigenvalue weighted by molar-refractivity contribution is -0.148. The molecule has 1 unspecified atom stereocenters. The van der Waals surface area contributed by atoms with Gasteiger partial charge < -0.3 is 25.1 Å². The van der Waals surface area contributed by atoms with E-state index < -0.39 is 17.7 Å². The maximum absolute atomic E-state index is 13.1. The zero-order chi connectivity index (χ0) is 22.4. The molecule has 0 aromatic rings. The highest BCUT2D eigenvalue weighted by atomic mass is 16.7. The van der Waals surface area contributed by atoms with Gasteiger partial charge in [0.15, 0.2) is 0 Å². The Balaban J connectivity index is 2.01. The predicted molar refractivity (Wildman–Crippen MR) is 112 cm³/mol. The summed E-state index contributed by atoms with van der Waals surface area (Å²) >= 11 is 0. The second kappa shape index (κ2) is 10.4. The van der Waals surface area contributed by atoms with E-state index in [4.69, 9.17) is 9.57 Å². The second-order valence-corrected chi connectivity index (χ2v) is 9.69. The van der Waals surface area contributed by atoms with Crippen LogP contribution in [-0.4, -0.2) is 79.0 Å². The van der Waals surface area contributed by atoms with Crippen molar-refractivity contribution in [2.75, 3.05) is 39.4 Å². The molecule has 0 spiro atoms. The molecule has 0 bridgehead atoms. The highest BCUT2D eigenvalue weighted by Gasteiger charge is 2.39. The monoisotopic (exact) mass is 423 g/mol. The Morgan fingerprint density at radius 3 is 2.27 bits per heavy atom. The van der Waals surface area contributed by atoms with Gasteiger partial charge in [-0.05, 0) is 38.5 Å².